The first-order valence-corrected chi connectivity index (χ1v) is 7.74. The summed E-state index contributed by atoms with van der Waals surface area (Å²) in [6.07, 6.45) is 1.82. The van der Waals surface area contributed by atoms with Gasteiger partial charge in [0.15, 0.2) is 0 Å². The maximum Gasteiger partial charge on any atom is 0.305 e. The van der Waals surface area contributed by atoms with E-state index in [-0.39, 0.29) is 17.6 Å². The van der Waals surface area contributed by atoms with E-state index < -0.39 is 4.92 Å². The fourth-order valence-electron chi connectivity index (χ4n) is 2.72. The van der Waals surface area contributed by atoms with E-state index in [9.17, 15) is 14.9 Å². The Morgan fingerprint density at radius 2 is 2.17 bits per heavy atom. The van der Waals surface area contributed by atoms with E-state index in [2.05, 4.69) is 4.98 Å². The molecule has 1 aromatic heterocycles. The lowest BCUT2D eigenvalue weighted by atomic mass is 9.99. The summed E-state index contributed by atoms with van der Waals surface area (Å²) in [5.74, 6) is 0.739. The van der Waals surface area contributed by atoms with Crippen molar-refractivity contribution < 1.29 is 14.5 Å². The SMILES string of the molecule is CCOC(=O)CCC(CC)c1nc2ccc([N+](=O)[O-])cc2n1C. The molecule has 0 aliphatic carbocycles. The molecule has 7 heteroatoms. The zero-order valence-electron chi connectivity index (χ0n) is 13.6. The minimum atomic E-state index is -0.413. The highest BCUT2D eigenvalue weighted by molar-refractivity contribution is 5.78. The zero-order chi connectivity index (χ0) is 17.0. The Balaban J connectivity index is 2.28. The molecule has 0 saturated carbocycles. The summed E-state index contributed by atoms with van der Waals surface area (Å²) < 4.78 is 6.84. The van der Waals surface area contributed by atoms with Crippen molar-refractivity contribution in [2.75, 3.05) is 6.61 Å². The van der Waals surface area contributed by atoms with Crippen molar-refractivity contribution in [2.45, 2.75) is 39.0 Å². The molecule has 7 nitrogen and oxygen atoms in total. The van der Waals surface area contributed by atoms with Crippen LogP contribution in [0, 0.1) is 10.1 Å². The third-order valence-electron chi connectivity index (χ3n) is 3.97. The summed E-state index contributed by atoms with van der Waals surface area (Å²) in [6, 6.07) is 4.65. The largest absolute Gasteiger partial charge is 0.466 e. The standard InChI is InChI=1S/C16H21N3O4/c1-4-11(6-9-15(20)23-5-2)16-17-13-8-7-12(19(21)22)10-14(13)18(16)3/h7-8,10-11H,4-6,9H2,1-3H3. The quantitative estimate of drug-likeness (QED) is 0.444. The van der Waals surface area contributed by atoms with E-state index in [0.717, 1.165) is 23.3 Å². The van der Waals surface area contributed by atoms with Gasteiger partial charge in [0.25, 0.3) is 5.69 Å². The van der Waals surface area contributed by atoms with Crippen LogP contribution < -0.4 is 0 Å². The zero-order valence-corrected chi connectivity index (χ0v) is 13.6. The number of ether oxygens (including phenoxy) is 1. The molecule has 0 amide bonds. The van der Waals surface area contributed by atoms with E-state index in [1.807, 2.05) is 18.5 Å². The second-order valence-corrected chi connectivity index (χ2v) is 5.41. The van der Waals surface area contributed by atoms with Gasteiger partial charge in [0, 0.05) is 31.5 Å². The van der Waals surface area contributed by atoms with Crippen molar-refractivity contribution in [3.8, 4) is 0 Å². The number of aryl methyl sites for hydroxylation is 1. The monoisotopic (exact) mass is 319 g/mol. The van der Waals surface area contributed by atoms with Crippen molar-refractivity contribution in [2.24, 2.45) is 7.05 Å². The van der Waals surface area contributed by atoms with Crippen LogP contribution in [0.5, 0.6) is 0 Å². The molecule has 0 N–H and O–H groups in total. The summed E-state index contributed by atoms with van der Waals surface area (Å²) in [6.45, 7) is 4.21. The highest BCUT2D eigenvalue weighted by atomic mass is 16.6. The molecule has 1 heterocycles. The number of imidazole rings is 1. The molecule has 0 radical (unpaired) electrons. The fourth-order valence-corrected chi connectivity index (χ4v) is 2.72. The molecule has 0 fully saturated rings. The lowest BCUT2D eigenvalue weighted by Gasteiger charge is -2.14. The molecule has 0 saturated heterocycles. The number of esters is 1. The predicted octanol–water partition coefficient (Wildman–Crippen LogP) is 3.32. The van der Waals surface area contributed by atoms with E-state index in [1.165, 1.54) is 12.1 Å². The van der Waals surface area contributed by atoms with Gasteiger partial charge in [0.05, 0.1) is 22.6 Å². The highest BCUT2D eigenvalue weighted by Gasteiger charge is 2.20. The van der Waals surface area contributed by atoms with Gasteiger partial charge in [-0.25, -0.2) is 4.98 Å². The van der Waals surface area contributed by atoms with Gasteiger partial charge in [-0.05, 0) is 25.8 Å². The van der Waals surface area contributed by atoms with E-state index in [4.69, 9.17) is 4.74 Å². The van der Waals surface area contributed by atoms with Gasteiger partial charge < -0.3 is 9.30 Å². The minimum Gasteiger partial charge on any atom is -0.466 e. The molecule has 1 atom stereocenters. The summed E-state index contributed by atoms with van der Waals surface area (Å²) in [5.41, 5.74) is 1.50. The summed E-state index contributed by atoms with van der Waals surface area (Å²) in [7, 11) is 1.85. The van der Waals surface area contributed by atoms with Gasteiger partial charge in [-0.15, -0.1) is 0 Å². The Bertz CT molecular complexity index is 723. The number of nitro groups is 1. The maximum atomic E-state index is 11.5. The van der Waals surface area contributed by atoms with Crippen LogP contribution in [-0.2, 0) is 16.6 Å². The first kappa shape index (κ1) is 16.9. The molecular formula is C16H21N3O4. The minimum absolute atomic E-state index is 0.0478. The number of aromatic nitrogens is 2. The van der Waals surface area contributed by atoms with E-state index in [1.54, 1.807) is 13.0 Å². The third kappa shape index (κ3) is 3.67. The Morgan fingerprint density at radius 1 is 1.43 bits per heavy atom. The van der Waals surface area contributed by atoms with Crippen molar-refractivity contribution in [1.29, 1.82) is 0 Å². The third-order valence-corrected chi connectivity index (χ3v) is 3.97. The van der Waals surface area contributed by atoms with E-state index >= 15 is 0 Å². The maximum absolute atomic E-state index is 11.5. The Kier molecular flexibility index (Phi) is 5.31. The van der Waals surface area contributed by atoms with Crippen LogP contribution in [0.1, 0.15) is 44.9 Å². The lowest BCUT2D eigenvalue weighted by Crippen LogP contribution is -2.10. The topological polar surface area (TPSA) is 87.3 Å². The van der Waals surface area contributed by atoms with Crippen LogP contribution in [-0.4, -0.2) is 27.1 Å². The molecule has 0 bridgehead atoms. The van der Waals surface area contributed by atoms with Crippen LogP contribution in [0.15, 0.2) is 18.2 Å². The van der Waals surface area contributed by atoms with Crippen molar-refractivity contribution in [3.63, 3.8) is 0 Å². The number of nitrogens with zero attached hydrogens (tertiary/aromatic N) is 3. The lowest BCUT2D eigenvalue weighted by molar-refractivity contribution is -0.384. The normalized spacial score (nSPS) is 12.3. The second-order valence-electron chi connectivity index (χ2n) is 5.41. The second kappa shape index (κ2) is 7.21. The average molecular weight is 319 g/mol. The molecule has 0 aliphatic heterocycles. The van der Waals surface area contributed by atoms with Gasteiger partial charge in [0.2, 0.25) is 0 Å². The van der Waals surface area contributed by atoms with Crippen molar-refractivity contribution in [1.82, 2.24) is 9.55 Å². The molecule has 1 unspecified atom stereocenters. The summed E-state index contributed by atoms with van der Waals surface area (Å²) in [4.78, 5) is 26.6. The van der Waals surface area contributed by atoms with Crippen LogP contribution in [0.25, 0.3) is 11.0 Å². The molecule has 23 heavy (non-hydrogen) atoms. The molecule has 2 aromatic rings. The van der Waals surface area contributed by atoms with Crippen molar-refractivity contribution >= 4 is 22.7 Å². The van der Waals surface area contributed by atoms with Gasteiger partial charge in [-0.2, -0.15) is 0 Å². The summed E-state index contributed by atoms with van der Waals surface area (Å²) in [5, 5.41) is 10.9. The summed E-state index contributed by atoms with van der Waals surface area (Å²) >= 11 is 0. The average Bonchev–Trinajstić information content (AvgIpc) is 2.85. The smallest absolute Gasteiger partial charge is 0.305 e. The first-order chi connectivity index (χ1) is 11.0. The van der Waals surface area contributed by atoms with Gasteiger partial charge in [-0.1, -0.05) is 6.92 Å². The number of rotatable bonds is 7. The molecule has 1 aromatic carbocycles. The number of hydrogen-bond acceptors (Lipinski definition) is 5. The first-order valence-electron chi connectivity index (χ1n) is 7.74. The molecule has 124 valence electrons. The number of hydrogen-bond donors (Lipinski definition) is 0. The number of non-ortho nitro benzene ring substituents is 1. The predicted molar refractivity (Wildman–Crippen MR) is 86.3 cm³/mol. The Morgan fingerprint density at radius 3 is 2.78 bits per heavy atom. The fraction of sp³-hybridized carbons (Fsp3) is 0.500. The van der Waals surface area contributed by atoms with Gasteiger partial charge in [-0.3, -0.25) is 14.9 Å². The number of carbonyl (C=O) groups is 1. The molecule has 2 rings (SSSR count). The highest BCUT2D eigenvalue weighted by Crippen LogP contribution is 2.29. The number of carbonyl (C=O) groups excluding carboxylic acids is 1. The Labute approximate surface area is 134 Å². The number of benzene rings is 1. The number of nitro benzene ring substituents is 1. The van der Waals surface area contributed by atoms with Crippen LogP contribution in [0.4, 0.5) is 5.69 Å². The molecule has 0 spiro atoms. The van der Waals surface area contributed by atoms with Gasteiger partial charge >= 0.3 is 5.97 Å². The van der Waals surface area contributed by atoms with Gasteiger partial charge in [0.1, 0.15) is 5.82 Å². The van der Waals surface area contributed by atoms with Crippen LogP contribution >= 0.6 is 0 Å². The number of fused-ring (bicyclic) bond motifs is 1. The van der Waals surface area contributed by atoms with Crippen LogP contribution in [0.3, 0.4) is 0 Å². The molecular weight excluding hydrogens is 298 g/mol. The Hall–Kier alpha value is -2.44. The van der Waals surface area contributed by atoms with Crippen molar-refractivity contribution in [3.05, 3.63) is 34.1 Å². The molecule has 0 aliphatic rings. The van der Waals surface area contributed by atoms with E-state index in [0.29, 0.717) is 19.4 Å². The van der Waals surface area contributed by atoms with Crippen LogP contribution in [0.2, 0.25) is 0 Å².